The average Bonchev–Trinajstić information content (AvgIpc) is 2.56. The Morgan fingerprint density at radius 2 is 2.33 bits per heavy atom. The van der Waals surface area contributed by atoms with Crippen molar-refractivity contribution in [2.24, 2.45) is 0 Å². The van der Waals surface area contributed by atoms with Gasteiger partial charge in [-0.3, -0.25) is 0 Å². The first kappa shape index (κ1) is 9.17. The second kappa shape index (κ2) is 4.86. The van der Waals surface area contributed by atoms with Crippen LogP contribution in [0, 0.1) is 0 Å². The van der Waals surface area contributed by atoms with E-state index in [0.29, 0.717) is 6.10 Å². The summed E-state index contributed by atoms with van der Waals surface area (Å²) in [7, 11) is 0. The highest BCUT2D eigenvalue weighted by molar-refractivity contribution is 5.10. The van der Waals surface area contributed by atoms with E-state index in [1.54, 1.807) is 0 Å². The van der Waals surface area contributed by atoms with E-state index in [1.807, 2.05) is 18.3 Å². The molecule has 0 radical (unpaired) electrons. The van der Waals surface area contributed by atoms with Crippen LogP contribution in [-0.4, -0.2) is 11.1 Å². The fourth-order valence-electron chi connectivity index (χ4n) is 1.24. The van der Waals surface area contributed by atoms with Crippen LogP contribution in [0.25, 0.3) is 0 Å². The van der Waals surface area contributed by atoms with Crippen LogP contribution in [0.15, 0.2) is 18.3 Å². The number of aromatic nitrogens is 1. The lowest BCUT2D eigenvalue weighted by Gasteiger charge is -2.14. The number of hydrogen-bond acceptors (Lipinski definition) is 1. The number of nitrogens with one attached hydrogen (secondary N) is 1. The highest BCUT2D eigenvalue weighted by Gasteiger charge is 2.06. The molecule has 12 heavy (non-hydrogen) atoms. The van der Waals surface area contributed by atoms with Crippen molar-refractivity contribution in [2.45, 2.75) is 39.2 Å². The van der Waals surface area contributed by atoms with Gasteiger partial charge < -0.3 is 9.72 Å². The Morgan fingerprint density at radius 3 is 2.83 bits per heavy atom. The maximum atomic E-state index is 5.69. The molecule has 0 spiro atoms. The van der Waals surface area contributed by atoms with Gasteiger partial charge in [-0.1, -0.05) is 20.3 Å². The van der Waals surface area contributed by atoms with Crippen LogP contribution in [0.2, 0.25) is 0 Å². The summed E-state index contributed by atoms with van der Waals surface area (Å²) in [5.41, 5.74) is 0. The fourth-order valence-corrected chi connectivity index (χ4v) is 1.24. The Hall–Kier alpha value is -0.920. The van der Waals surface area contributed by atoms with Gasteiger partial charge in [-0.15, -0.1) is 0 Å². The smallest absolute Gasteiger partial charge is 0.190 e. The zero-order valence-corrected chi connectivity index (χ0v) is 7.84. The first-order chi connectivity index (χ1) is 5.86. The van der Waals surface area contributed by atoms with Gasteiger partial charge in [0.1, 0.15) is 6.10 Å². The van der Waals surface area contributed by atoms with Crippen molar-refractivity contribution in [3.05, 3.63) is 18.3 Å². The van der Waals surface area contributed by atoms with Gasteiger partial charge in [0.15, 0.2) is 5.88 Å². The average molecular weight is 167 g/mol. The van der Waals surface area contributed by atoms with Gasteiger partial charge in [0.25, 0.3) is 0 Å². The molecule has 1 aromatic rings. The van der Waals surface area contributed by atoms with Crippen molar-refractivity contribution in [3.8, 4) is 5.88 Å². The summed E-state index contributed by atoms with van der Waals surface area (Å²) in [6, 6.07) is 3.91. The summed E-state index contributed by atoms with van der Waals surface area (Å²) in [6.07, 6.45) is 5.64. The fraction of sp³-hybridized carbons (Fsp3) is 0.600. The first-order valence-corrected chi connectivity index (χ1v) is 4.66. The molecule has 0 aromatic carbocycles. The number of rotatable bonds is 5. The molecule has 0 fully saturated rings. The molecular weight excluding hydrogens is 150 g/mol. The molecule has 2 nitrogen and oxygen atoms in total. The normalized spacial score (nSPS) is 12.8. The molecule has 0 amide bonds. The van der Waals surface area contributed by atoms with Gasteiger partial charge in [-0.2, -0.15) is 0 Å². The highest BCUT2D eigenvalue weighted by Crippen LogP contribution is 2.12. The molecule has 1 unspecified atom stereocenters. The van der Waals surface area contributed by atoms with E-state index in [4.69, 9.17) is 4.74 Å². The molecular formula is C10H17NO. The van der Waals surface area contributed by atoms with E-state index in [9.17, 15) is 0 Å². The second-order valence-corrected chi connectivity index (χ2v) is 2.97. The van der Waals surface area contributed by atoms with E-state index in [2.05, 4.69) is 18.8 Å². The minimum atomic E-state index is 0.369. The molecule has 68 valence electrons. The Kier molecular flexibility index (Phi) is 3.71. The standard InChI is InChI=1S/C10H17NO/c1-3-6-9(4-2)12-10-7-5-8-11-10/h5,7-9,11H,3-4,6H2,1-2H3. The van der Waals surface area contributed by atoms with E-state index in [0.717, 1.165) is 18.7 Å². The Balaban J connectivity index is 2.37. The summed E-state index contributed by atoms with van der Waals surface area (Å²) in [5.74, 6) is 0.885. The van der Waals surface area contributed by atoms with E-state index in [-0.39, 0.29) is 0 Å². The molecule has 1 rings (SSSR count). The second-order valence-electron chi connectivity index (χ2n) is 2.97. The summed E-state index contributed by atoms with van der Waals surface area (Å²) in [6.45, 7) is 4.34. The Morgan fingerprint density at radius 1 is 1.50 bits per heavy atom. The topological polar surface area (TPSA) is 25.0 Å². The van der Waals surface area contributed by atoms with Gasteiger partial charge in [0.05, 0.1) is 0 Å². The monoisotopic (exact) mass is 167 g/mol. The summed E-state index contributed by atoms with van der Waals surface area (Å²) >= 11 is 0. The summed E-state index contributed by atoms with van der Waals surface area (Å²) in [5, 5.41) is 0. The van der Waals surface area contributed by atoms with Gasteiger partial charge in [0.2, 0.25) is 0 Å². The third kappa shape index (κ3) is 2.61. The van der Waals surface area contributed by atoms with E-state index in [1.165, 1.54) is 6.42 Å². The van der Waals surface area contributed by atoms with Crippen LogP contribution >= 0.6 is 0 Å². The molecule has 0 bridgehead atoms. The number of aromatic amines is 1. The minimum Gasteiger partial charge on any atom is -0.476 e. The predicted molar refractivity (Wildman–Crippen MR) is 50.4 cm³/mol. The van der Waals surface area contributed by atoms with Crippen LogP contribution in [0.4, 0.5) is 0 Å². The maximum Gasteiger partial charge on any atom is 0.190 e. The van der Waals surface area contributed by atoms with Crippen LogP contribution in [0.1, 0.15) is 33.1 Å². The summed E-state index contributed by atoms with van der Waals surface area (Å²) < 4.78 is 5.69. The van der Waals surface area contributed by atoms with Gasteiger partial charge >= 0.3 is 0 Å². The predicted octanol–water partition coefficient (Wildman–Crippen LogP) is 2.97. The minimum absolute atomic E-state index is 0.369. The summed E-state index contributed by atoms with van der Waals surface area (Å²) in [4.78, 5) is 3.04. The lowest BCUT2D eigenvalue weighted by molar-refractivity contribution is 0.179. The third-order valence-corrected chi connectivity index (χ3v) is 1.93. The molecule has 0 saturated heterocycles. The van der Waals surface area contributed by atoms with Gasteiger partial charge in [-0.05, 0) is 25.0 Å². The molecule has 0 saturated carbocycles. The molecule has 1 heterocycles. The van der Waals surface area contributed by atoms with E-state index < -0.39 is 0 Å². The van der Waals surface area contributed by atoms with Crippen LogP contribution < -0.4 is 4.74 Å². The molecule has 0 aliphatic carbocycles. The first-order valence-electron chi connectivity index (χ1n) is 4.66. The molecule has 1 atom stereocenters. The lowest BCUT2D eigenvalue weighted by atomic mass is 10.2. The number of ether oxygens (including phenoxy) is 1. The Bertz CT molecular complexity index is 194. The molecule has 1 aromatic heterocycles. The SMILES string of the molecule is CCCC(CC)Oc1ccc[nH]1. The van der Waals surface area contributed by atoms with Crippen molar-refractivity contribution < 1.29 is 4.74 Å². The lowest BCUT2D eigenvalue weighted by Crippen LogP contribution is -2.14. The molecule has 0 aliphatic heterocycles. The van der Waals surface area contributed by atoms with E-state index >= 15 is 0 Å². The zero-order valence-electron chi connectivity index (χ0n) is 7.84. The number of H-pyrrole nitrogens is 1. The van der Waals surface area contributed by atoms with Crippen molar-refractivity contribution in [1.82, 2.24) is 4.98 Å². The van der Waals surface area contributed by atoms with Crippen LogP contribution in [0.3, 0.4) is 0 Å². The number of hydrogen-bond donors (Lipinski definition) is 1. The van der Waals surface area contributed by atoms with Crippen molar-refractivity contribution in [3.63, 3.8) is 0 Å². The zero-order chi connectivity index (χ0) is 8.81. The van der Waals surface area contributed by atoms with Crippen molar-refractivity contribution in [1.29, 1.82) is 0 Å². The van der Waals surface area contributed by atoms with Crippen LogP contribution in [0.5, 0.6) is 5.88 Å². The molecule has 0 aliphatic rings. The Labute approximate surface area is 73.9 Å². The molecule has 1 N–H and O–H groups in total. The van der Waals surface area contributed by atoms with Gasteiger partial charge in [-0.25, -0.2) is 0 Å². The van der Waals surface area contributed by atoms with Gasteiger partial charge in [0, 0.05) is 6.20 Å². The molecule has 2 heteroatoms. The highest BCUT2D eigenvalue weighted by atomic mass is 16.5. The van der Waals surface area contributed by atoms with Crippen molar-refractivity contribution in [2.75, 3.05) is 0 Å². The van der Waals surface area contributed by atoms with Crippen molar-refractivity contribution >= 4 is 0 Å². The quantitative estimate of drug-likeness (QED) is 0.716. The largest absolute Gasteiger partial charge is 0.476 e. The maximum absolute atomic E-state index is 5.69. The third-order valence-electron chi connectivity index (χ3n) is 1.93. The van der Waals surface area contributed by atoms with Crippen LogP contribution in [-0.2, 0) is 0 Å².